The number of esters is 1. The summed E-state index contributed by atoms with van der Waals surface area (Å²) in [7, 11) is 0. The SMILES string of the molecule is Cc1onc(-c2ccccc2)c1C(=O)OCC(=O)Nc1cccc(Cl)c1Cl. The Bertz CT molecular complexity index is 987. The molecule has 0 spiro atoms. The maximum Gasteiger partial charge on any atom is 0.344 e. The average Bonchev–Trinajstić information content (AvgIpc) is 3.06. The molecule has 0 saturated heterocycles. The number of nitrogens with one attached hydrogen (secondary N) is 1. The third-order valence-electron chi connectivity index (χ3n) is 3.67. The number of amides is 1. The summed E-state index contributed by atoms with van der Waals surface area (Å²) in [6, 6.07) is 13.9. The monoisotopic (exact) mass is 404 g/mol. The minimum Gasteiger partial charge on any atom is -0.452 e. The Balaban J connectivity index is 1.69. The van der Waals surface area contributed by atoms with Crippen molar-refractivity contribution in [3.8, 4) is 11.3 Å². The van der Waals surface area contributed by atoms with Gasteiger partial charge in [0.2, 0.25) is 0 Å². The molecule has 0 radical (unpaired) electrons. The molecule has 0 aliphatic carbocycles. The summed E-state index contributed by atoms with van der Waals surface area (Å²) in [5.41, 5.74) is 1.57. The van der Waals surface area contributed by atoms with Crippen LogP contribution in [0.25, 0.3) is 11.3 Å². The minimum absolute atomic E-state index is 0.176. The van der Waals surface area contributed by atoms with Gasteiger partial charge in [-0.15, -0.1) is 0 Å². The number of halogens is 2. The Morgan fingerprint density at radius 1 is 1.11 bits per heavy atom. The van der Waals surface area contributed by atoms with Crippen molar-refractivity contribution in [2.75, 3.05) is 11.9 Å². The van der Waals surface area contributed by atoms with E-state index in [0.29, 0.717) is 27.7 Å². The molecular weight excluding hydrogens is 391 g/mol. The highest BCUT2D eigenvalue weighted by molar-refractivity contribution is 6.44. The first-order chi connectivity index (χ1) is 13.0. The Morgan fingerprint density at radius 2 is 1.85 bits per heavy atom. The van der Waals surface area contributed by atoms with Gasteiger partial charge >= 0.3 is 5.97 Å². The van der Waals surface area contributed by atoms with Gasteiger partial charge in [-0.05, 0) is 19.1 Å². The molecule has 1 amide bonds. The van der Waals surface area contributed by atoms with Crippen molar-refractivity contribution in [3.63, 3.8) is 0 Å². The summed E-state index contributed by atoms with van der Waals surface area (Å²) in [4.78, 5) is 24.5. The number of rotatable bonds is 5. The highest BCUT2D eigenvalue weighted by Gasteiger charge is 2.23. The molecule has 8 heteroatoms. The van der Waals surface area contributed by atoms with Crippen LogP contribution in [0.3, 0.4) is 0 Å². The van der Waals surface area contributed by atoms with Crippen LogP contribution < -0.4 is 5.32 Å². The topological polar surface area (TPSA) is 81.4 Å². The van der Waals surface area contributed by atoms with E-state index in [4.69, 9.17) is 32.5 Å². The van der Waals surface area contributed by atoms with Crippen LogP contribution in [0.1, 0.15) is 16.1 Å². The maximum atomic E-state index is 12.4. The number of ether oxygens (including phenoxy) is 1. The predicted molar refractivity (Wildman–Crippen MR) is 102 cm³/mol. The molecule has 6 nitrogen and oxygen atoms in total. The fraction of sp³-hybridized carbons (Fsp3) is 0.105. The van der Waals surface area contributed by atoms with Crippen molar-refractivity contribution in [1.29, 1.82) is 0 Å². The summed E-state index contributed by atoms with van der Waals surface area (Å²) in [6.45, 7) is 1.10. The second-order valence-electron chi connectivity index (χ2n) is 5.55. The molecule has 0 aliphatic heterocycles. The van der Waals surface area contributed by atoms with Crippen molar-refractivity contribution in [1.82, 2.24) is 5.16 Å². The van der Waals surface area contributed by atoms with Crippen molar-refractivity contribution in [2.45, 2.75) is 6.92 Å². The lowest BCUT2D eigenvalue weighted by molar-refractivity contribution is -0.119. The third-order valence-corrected chi connectivity index (χ3v) is 4.49. The predicted octanol–water partition coefficient (Wildman–Crippen LogP) is 4.75. The van der Waals surface area contributed by atoms with Gasteiger partial charge in [-0.25, -0.2) is 4.79 Å². The first-order valence-electron chi connectivity index (χ1n) is 7.90. The van der Waals surface area contributed by atoms with E-state index in [1.54, 1.807) is 37.3 Å². The van der Waals surface area contributed by atoms with Gasteiger partial charge in [0.25, 0.3) is 5.91 Å². The van der Waals surface area contributed by atoms with Crippen LogP contribution in [-0.4, -0.2) is 23.6 Å². The van der Waals surface area contributed by atoms with Crippen molar-refractivity contribution >= 4 is 40.8 Å². The number of hydrogen-bond donors (Lipinski definition) is 1. The molecule has 0 aliphatic rings. The largest absolute Gasteiger partial charge is 0.452 e. The van der Waals surface area contributed by atoms with Gasteiger partial charge in [0.1, 0.15) is 17.0 Å². The Labute approximate surface area is 165 Å². The number of nitrogens with zero attached hydrogens (tertiary/aromatic N) is 1. The standard InChI is InChI=1S/C19H14Cl2N2O4/c1-11-16(18(23-27-11)12-6-3-2-4-7-12)19(25)26-10-15(24)22-14-9-5-8-13(20)17(14)21/h2-9H,10H2,1H3,(H,22,24). The average molecular weight is 405 g/mol. The lowest BCUT2D eigenvalue weighted by Crippen LogP contribution is -2.21. The van der Waals surface area contributed by atoms with E-state index < -0.39 is 18.5 Å². The first-order valence-corrected chi connectivity index (χ1v) is 8.65. The van der Waals surface area contributed by atoms with Gasteiger partial charge in [-0.1, -0.05) is 64.8 Å². The number of aryl methyl sites for hydroxylation is 1. The lowest BCUT2D eigenvalue weighted by atomic mass is 10.1. The van der Waals surface area contributed by atoms with Gasteiger partial charge in [0, 0.05) is 5.56 Å². The number of hydrogen-bond acceptors (Lipinski definition) is 5. The molecule has 0 atom stereocenters. The zero-order valence-corrected chi connectivity index (χ0v) is 15.7. The second-order valence-corrected chi connectivity index (χ2v) is 6.34. The summed E-state index contributed by atoms with van der Waals surface area (Å²) in [5, 5.41) is 6.97. The normalized spacial score (nSPS) is 10.5. The lowest BCUT2D eigenvalue weighted by Gasteiger charge is -2.09. The third kappa shape index (κ3) is 4.30. The van der Waals surface area contributed by atoms with Crippen LogP contribution in [-0.2, 0) is 9.53 Å². The van der Waals surface area contributed by atoms with Crippen LogP contribution in [0.5, 0.6) is 0 Å². The molecule has 0 saturated carbocycles. The summed E-state index contributed by atoms with van der Waals surface area (Å²) >= 11 is 11.9. The van der Waals surface area contributed by atoms with Crippen LogP contribution >= 0.6 is 23.2 Å². The highest BCUT2D eigenvalue weighted by Crippen LogP contribution is 2.29. The molecule has 1 aromatic heterocycles. The highest BCUT2D eigenvalue weighted by atomic mass is 35.5. The number of anilines is 1. The van der Waals surface area contributed by atoms with Crippen molar-refractivity contribution < 1.29 is 18.8 Å². The van der Waals surface area contributed by atoms with Crippen molar-refractivity contribution in [3.05, 3.63) is 69.9 Å². The van der Waals surface area contributed by atoms with E-state index in [2.05, 4.69) is 10.5 Å². The van der Waals surface area contributed by atoms with Gasteiger partial charge in [-0.2, -0.15) is 0 Å². The molecule has 0 fully saturated rings. The summed E-state index contributed by atoms with van der Waals surface area (Å²) in [6.07, 6.45) is 0. The quantitative estimate of drug-likeness (QED) is 0.620. The Morgan fingerprint density at radius 3 is 2.59 bits per heavy atom. The van der Waals surface area contributed by atoms with E-state index in [1.807, 2.05) is 18.2 Å². The van der Waals surface area contributed by atoms with Gasteiger partial charge in [0.05, 0.1) is 15.7 Å². The molecular formula is C19H14Cl2N2O4. The van der Waals surface area contributed by atoms with E-state index in [9.17, 15) is 9.59 Å². The molecule has 3 aromatic rings. The van der Waals surface area contributed by atoms with Crippen LogP contribution in [0.4, 0.5) is 5.69 Å². The fourth-order valence-electron chi connectivity index (χ4n) is 2.40. The van der Waals surface area contributed by atoms with Crippen molar-refractivity contribution in [2.24, 2.45) is 0 Å². The molecule has 0 bridgehead atoms. The number of carbonyl (C=O) groups excluding carboxylic acids is 2. The Kier molecular flexibility index (Phi) is 5.78. The molecule has 138 valence electrons. The van der Waals surface area contributed by atoms with Crippen LogP contribution in [0.15, 0.2) is 53.1 Å². The minimum atomic E-state index is -0.708. The molecule has 1 heterocycles. The molecule has 27 heavy (non-hydrogen) atoms. The van der Waals surface area contributed by atoms with E-state index in [1.165, 1.54) is 0 Å². The molecule has 1 N–H and O–H groups in total. The Hall–Kier alpha value is -2.83. The van der Waals surface area contributed by atoms with Gasteiger partial charge in [0.15, 0.2) is 6.61 Å². The smallest absolute Gasteiger partial charge is 0.344 e. The summed E-state index contributed by atoms with van der Waals surface area (Å²) in [5.74, 6) is -0.958. The zero-order valence-electron chi connectivity index (χ0n) is 14.2. The number of aromatic nitrogens is 1. The van der Waals surface area contributed by atoms with Crippen LogP contribution in [0.2, 0.25) is 10.0 Å². The fourth-order valence-corrected chi connectivity index (χ4v) is 2.74. The molecule has 0 unspecified atom stereocenters. The maximum absolute atomic E-state index is 12.4. The number of benzene rings is 2. The second kappa shape index (κ2) is 8.24. The molecule has 2 aromatic carbocycles. The van der Waals surface area contributed by atoms with Crippen LogP contribution in [0, 0.1) is 6.92 Å². The van der Waals surface area contributed by atoms with Gasteiger partial charge in [-0.3, -0.25) is 4.79 Å². The van der Waals surface area contributed by atoms with E-state index >= 15 is 0 Å². The van der Waals surface area contributed by atoms with Gasteiger partial charge < -0.3 is 14.6 Å². The first kappa shape index (κ1) is 18.9. The van der Waals surface area contributed by atoms with E-state index in [-0.39, 0.29) is 10.6 Å². The van der Waals surface area contributed by atoms with E-state index in [0.717, 1.165) is 0 Å². The summed E-state index contributed by atoms with van der Waals surface area (Å²) < 4.78 is 10.2. The molecule has 3 rings (SSSR count). The zero-order chi connectivity index (χ0) is 19.4. The number of carbonyl (C=O) groups is 2.